The Balaban J connectivity index is 0.00000324. The number of phenolic OH excluding ortho intramolecular Hbond substituents is 1. The summed E-state index contributed by atoms with van der Waals surface area (Å²) in [6.45, 7) is 1.35. The minimum absolute atomic E-state index is 0. The number of aliphatic hydroxyl groups excluding tert-OH is 2. The van der Waals surface area contributed by atoms with E-state index in [1.165, 1.54) is 19.1 Å². The van der Waals surface area contributed by atoms with E-state index in [0.717, 1.165) is 0 Å². The third-order valence-corrected chi connectivity index (χ3v) is 7.49. The van der Waals surface area contributed by atoms with E-state index in [9.17, 15) is 39.9 Å². The molecule has 10 nitrogen and oxygen atoms in total. The van der Waals surface area contributed by atoms with Crippen LogP contribution in [-0.4, -0.2) is 68.7 Å². The number of hydrogen-bond acceptors (Lipinski definition) is 8. The Bertz CT molecular complexity index is 1210. The Labute approximate surface area is 205 Å². The third kappa shape index (κ3) is 3.03. The van der Waals surface area contributed by atoms with Crippen LogP contribution in [0.1, 0.15) is 24.5 Å². The number of likely N-dealkylation sites (N-methyl/N-ethyl adjacent to an activating group) is 1. The van der Waals surface area contributed by atoms with Gasteiger partial charge in [-0.1, -0.05) is 11.6 Å². The summed E-state index contributed by atoms with van der Waals surface area (Å²) < 4.78 is 0. The molecule has 5 atom stereocenters. The second kappa shape index (κ2) is 7.96. The maximum absolute atomic E-state index is 13.7. The SMILES string of the molecule is C[NH+](C)[C@@H]1C(=O)C(C(N)=O)=C(O)[C@@]2(O)C(=O)C3=C(O)c4c(O)ccc(Cl)c4[C@@](C)(O)C3C[C@@H]12.[Cl-]. The number of hydrogen-bond donors (Lipinski definition) is 7. The van der Waals surface area contributed by atoms with E-state index in [1.54, 1.807) is 14.1 Å². The van der Waals surface area contributed by atoms with Gasteiger partial charge >= 0.3 is 0 Å². The summed E-state index contributed by atoms with van der Waals surface area (Å²) in [4.78, 5) is 39.2. The van der Waals surface area contributed by atoms with E-state index in [1.807, 2.05) is 0 Å². The number of phenols is 1. The van der Waals surface area contributed by atoms with E-state index in [2.05, 4.69) is 0 Å². The fourth-order valence-corrected chi connectivity index (χ4v) is 6.02. The molecule has 3 aliphatic carbocycles. The summed E-state index contributed by atoms with van der Waals surface area (Å²) in [7, 11) is 3.14. The van der Waals surface area contributed by atoms with Gasteiger partial charge in [-0.15, -0.1) is 0 Å². The van der Waals surface area contributed by atoms with E-state index in [0.29, 0.717) is 4.90 Å². The van der Waals surface area contributed by atoms with Crippen molar-refractivity contribution in [2.45, 2.75) is 30.6 Å². The minimum Gasteiger partial charge on any atom is -1.00 e. The van der Waals surface area contributed by atoms with Crippen molar-refractivity contribution in [2.75, 3.05) is 14.1 Å². The first-order chi connectivity index (χ1) is 15.2. The lowest BCUT2D eigenvalue weighted by Crippen LogP contribution is -3.13. The second-order valence-corrected chi connectivity index (χ2v) is 9.63. The summed E-state index contributed by atoms with van der Waals surface area (Å²) in [6.07, 6.45) is -0.238. The fourth-order valence-electron chi connectivity index (χ4n) is 5.68. The van der Waals surface area contributed by atoms with Crippen LogP contribution in [0.5, 0.6) is 5.75 Å². The van der Waals surface area contributed by atoms with Gasteiger partial charge in [-0.05, 0) is 25.5 Å². The number of aliphatic hydroxyl groups is 4. The molecule has 184 valence electrons. The number of aromatic hydroxyl groups is 1. The molecule has 12 heteroatoms. The molecule has 0 bridgehead atoms. The molecule has 0 radical (unpaired) electrons. The molecule has 1 amide bonds. The average molecular weight is 515 g/mol. The molecular formula is C22H24Cl2N2O8. The van der Waals surface area contributed by atoms with E-state index in [4.69, 9.17) is 17.3 Å². The molecule has 1 aromatic rings. The number of carbonyl (C=O) groups is 3. The van der Waals surface area contributed by atoms with Gasteiger partial charge in [-0.25, -0.2) is 0 Å². The fraction of sp³-hybridized carbons (Fsp3) is 0.409. The smallest absolute Gasteiger partial charge is 0.256 e. The van der Waals surface area contributed by atoms with Gasteiger partial charge in [-0.3, -0.25) is 14.4 Å². The standard InChI is InChI=1S/C22H23ClN2O8.ClH/c1-21(32)7-6-8-15(25(2)3)17(28)13(20(24)31)19(30)22(8,33)18(29)11(7)16(27)12-10(26)5-4-9(23)14(12)21;/h4-5,7-8,15,26-27,30,32-33H,6H2,1-3H3,(H2,24,31);1H/t7?,8-,15-,21-,22-;/m0./s1. The third-order valence-electron chi connectivity index (χ3n) is 7.17. The van der Waals surface area contributed by atoms with Crippen LogP contribution in [0.3, 0.4) is 0 Å². The van der Waals surface area contributed by atoms with Gasteiger partial charge in [0.2, 0.25) is 11.6 Å². The van der Waals surface area contributed by atoms with Crippen molar-refractivity contribution in [3.05, 3.63) is 45.2 Å². The molecule has 3 aliphatic rings. The number of benzene rings is 1. The number of halogens is 2. The lowest BCUT2D eigenvalue weighted by atomic mass is 9.54. The van der Waals surface area contributed by atoms with Crippen molar-refractivity contribution in [1.82, 2.24) is 0 Å². The summed E-state index contributed by atoms with van der Waals surface area (Å²) in [5, 5.41) is 55.2. The quantitative estimate of drug-likeness (QED) is 0.194. The highest BCUT2D eigenvalue weighted by atomic mass is 35.5. The molecule has 0 heterocycles. The largest absolute Gasteiger partial charge is 1.00 e. The molecule has 34 heavy (non-hydrogen) atoms. The molecule has 1 fully saturated rings. The topological polar surface area (TPSA) is 183 Å². The molecule has 0 spiro atoms. The Morgan fingerprint density at radius 2 is 1.76 bits per heavy atom. The van der Waals surface area contributed by atoms with Crippen molar-refractivity contribution in [3.63, 3.8) is 0 Å². The number of amides is 1. The Morgan fingerprint density at radius 1 is 1.18 bits per heavy atom. The van der Waals surface area contributed by atoms with Crippen molar-refractivity contribution >= 4 is 34.8 Å². The van der Waals surface area contributed by atoms with Crippen molar-refractivity contribution in [2.24, 2.45) is 17.6 Å². The van der Waals surface area contributed by atoms with Crippen LogP contribution < -0.4 is 23.0 Å². The lowest BCUT2D eigenvalue weighted by Gasteiger charge is -2.52. The predicted molar refractivity (Wildman–Crippen MR) is 114 cm³/mol. The zero-order chi connectivity index (χ0) is 24.8. The molecule has 8 N–H and O–H groups in total. The van der Waals surface area contributed by atoms with Crippen LogP contribution in [0.4, 0.5) is 0 Å². The van der Waals surface area contributed by atoms with E-state index < -0.39 is 75.0 Å². The lowest BCUT2D eigenvalue weighted by molar-refractivity contribution is -0.880. The minimum atomic E-state index is -2.76. The predicted octanol–water partition coefficient (Wildman–Crippen LogP) is -4.13. The second-order valence-electron chi connectivity index (χ2n) is 9.22. The van der Waals surface area contributed by atoms with Crippen molar-refractivity contribution in [1.29, 1.82) is 0 Å². The Hall–Kier alpha value is -2.63. The van der Waals surface area contributed by atoms with Crippen LogP contribution in [0, 0.1) is 11.8 Å². The Morgan fingerprint density at radius 3 is 2.29 bits per heavy atom. The van der Waals surface area contributed by atoms with Crippen molar-refractivity contribution < 1.29 is 57.2 Å². The number of rotatable bonds is 2. The van der Waals surface area contributed by atoms with Crippen LogP contribution in [0.25, 0.3) is 5.76 Å². The van der Waals surface area contributed by atoms with Crippen LogP contribution >= 0.6 is 11.6 Å². The highest BCUT2D eigenvalue weighted by molar-refractivity contribution is 6.32. The van der Waals surface area contributed by atoms with Gasteiger partial charge < -0.3 is 48.6 Å². The zero-order valence-corrected chi connectivity index (χ0v) is 19.9. The van der Waals surface area contributed by atoms with Gasteiger partial charge in [0.1, 0.15) is 22.8 Å². The number of quaternary nitrogens is 1. The van der Waals surface area contributed by atoms with Crippen LogP contribution in [-0.2, 0) is 20.0 Å². The van der Waals surface area contributed by atoms with Crippen molar-refractivity contribution in [3.8, 4) is 5.75 Å². The number of nitrogens with two attached hydrogens (primary N) is 1. The number of ketones is 2. The van der Waals surface area contributed by atoms with E-state index in [-0.39, 0.29) is 35.0 Å². The number of Topliss-reactive ketones (excluding diaryl/α,β-unsaturated/α-hetero) is 2. The highest BCUT2D eigenvalue weighted by Crippen LogP contribution is 2.57. The highest BCUT2D eigenvalue weighted by Gasteiger charge is 2.68. The zero-order valence-electron chi connectivity index (χ0n) is 18.4. The van der Waals surface area contributed by atoms with Gasteiger partial charge in [0, 0.05) is 22.1 Å². The molecule has 0 saturated heterocycles. The maximum Gasteiger partial charge on any atom is 0.256 e. The molecule has 1 unspecified atom stereocenters. The molecule has 0 aliphatic heterocycles. The maximum atomic E-state index is 13.7. The first-order valence-corrected chi connectivity index (χ1v) is 10.6. The first-order valence-electron chi connectivity index (χ1n) is 10.2. The molecule has 1 aromatic carbocycles. The van der Waals surface area contributed by atoms with Gasteiger partial charge in [0.05, 0.1) is 31.2 Å². The average Bonchev–Trinajstić information content (AvgIpc) is 2.69. The van der Waals surface area contributed by atoms with Crippen LogP contribution in [0.2, 0.25) is 5.02 Å². The Kier molecular flexibility index (Phi) is 6.08. The molecule has 0 aromatic heterocycles. The summed E-state index contributed by atoms with van der Waals surface area (Å²) >= 11 is 6.28. The van der Waals surface area contributed by atoms with Crippen LogP contribution in [0.15, 0.2) is 29.0 Å². The monoisotopic (exact) mass is 514 g/mol. The van der Waals surface area contributed by atoms with Gasteiger partial charge in [0.15, 0.2) is 11.6 Å². The summed E-state index contributed by atoms with van der Waals surface area (Å²) in [5.41, 5.74) is -1.02. The first kappa shape index (κ1) is 26.0. The summed E-state index contributed by atoms with van der Waals surface area (Å²) in [6, 6.07) is 1.33. The molecule has 1 saturated carbocycles. The molecular weight excluding hydrogens is 491 g/mol. The van der Waals surface area contributed by atoms with Gasteiger partial charge in [0.25, 0.3) is 5.91 Å². The number of carbonyl (C=O) groups excluding carboxylic acids is 3. The number of primary amides is 1. The molecule has 4 rings (SSSR count). The number of nitrogens with one attached hydrogen (secondary N) is 1. The van der Waals surface area contributed by atoms with E-state index >= 15 is 0 Å². The normalized spacial score (nSPS) is 32.7. The number of fused-ring (bicyclic) bond motifs is 3. The summed E-state index contributed by atoms with van der Waals surface area (Å²) in [5.74, 6) is -8.16. The van der Waals surface area contributed by atoms with Gasteiger partial charge in [-0.2, -0.15) is 0 Å².